The highest BCUT2D eigenvalue weighted by molar-refractivity contribution is 7.14. The monoisotopic (exact) mass is 567 g/mol. The van der Waals surface area contributed by atoms with Gasteiger partial charge in [0.15, 0.2) is 0 Å². The van der Waals surface area contributed by atoms with Gasteiger partial charge in [-0.3, -0.25) is 4.79 Å². The minimum Gasteiger partial charge on any atom is -0.493 e. The first kappa shape index (κ1) is 27.4. The van der Waals surface area contributed by atoms with Crippen LogP contribution in [0, 0.1) is 5.92 Å². The number of anilines is 1. The van der Waals surface area contributed by atoms with Gasteiger partial charge in [-0.05, 0) is 82.0 Å². The van der Waals surface area contributed by atoms with Gasteiger partial charge >= 0.3 is 0 Å². The number of amides is 1. The molecule has 1 aliphatic carbocycles. The van der Waals surface area contributed by atoms with Crippen LogP contribution in [0.1, 0.15) is 47.8 Å². The fraction of sp³-hybridized carbons (Fsp3) is 0.414. The predicted molar refractivity (Wildman–Crippen MR) is 156 cm³/mol. The van der Waals surface area contributed by atoms with Crippen LogP contribution in [0.3, 0.4) is 0 Å². The largest absolute Gasteiger partial charge is 0.493 e. The third kappa shape index (κ3) is 8.42. The summed E-state index contributed by atoms with van der Waals surface area (Å²) in [6.45, 7) is 6.78. The van der Waals surface area contributed by atoms with Crippen molar-refractivity contribution in [3.05, 3.63) is 64.3 Å². The van der Waals surface area contributed by atoms with Gasteiger partial charge in [0.1, 0.15) is 17.3 Å². The minimum absolute atomic E-state index is 0.148. The fourth-order valence-electron chi connectivity index (χ4n) is 4.24. The standard InChI is InChI=1S/C29H34ClN5O3S/c1-20(34-28(36)22-10-11-31-27(16-22)32-12-15-35-13-2-3-14-35)4-8-24-18-33-29(39-24)38-26-9-7-23(17-25(26)30)37-19-21-5-6-21/h4,7-11,16-18,20-21H,2-3,5-6,12-15,19H2,1H3,(H,31,32)(H,34,36)/b8-4+/t20-/m0/s1. The molecule has 1 aliphatic heterocycles. The van der Waals surface area contributed by atoms with Crippen LogP contribution in [0.15, 0.2) is 48.8 Å². The minimum atomic E-state index is -0.179. The van der Waals surface area contributed by atoms with Crippen molar-refractivity contribution >= 4 is 40.7 Å². The number of ether oxygens (including phenoxy) is 2. The summed E-state index contributed by atoms with van der Waals surface area (Å²) in [5.41, 5.74) is 0.572. The Morgan fingerprint density at radius 3 is 2.87 bits per heavy atom. The van der Waals surface area contributed by atoms with Crippen molar-refractivity contribution in [2.75, 3.05) is 38.1 Å². The van der Waals surface area contributed by atoms with E-state index < -0.39 is 0 Å². The molecule has 10 heteroatoms. The highest BCUT2D eigenvalue weighted by Crippen LogP contribution is 2.35. The number of thiazole rings is 1. The molecule has 2 N–H and O–H groups in total. The van der Waals surface area contributed by atoms with Crippen LogP contribution in [0.4, 0.5) is 5.82 Å². The second-order valence-electron chi connectivity index (χ2n) is 10.0. The fourth-order valence-corrected chi connectivity index (χ4v) is 5.13. The molecular weight excluding hydrogens is 534 g/mol. The normalized spacial score (nSPS) is 16.4. The van der Waals surface area contributed by atoms with E-state index in [9.17, 15) is 4.79 Å². The van der Waals surface area contributed by atoms with E-state index in [-0.39, 0.29) is 11.9 Å². The summed E-state index contributed by atoms with van der Waals surface area (Å²) in [6.07, 6.45) is 12.3. The summed E-state index contributed by atoms with van der Waals surface area (Å²) in [5, 5.41) is 7.30. The van der Waals surface area contributed by atoms with E-state index in [1.54, 1.807) is 36.7 Å². The Balaban J connectivity index is 1.08. The Morgan fingerprint density at radius 1 is 1.23 bits per heavy atom. The molecule has 1 aromatic carbocycles. The molecule has 1 amide bonds. The maximum absolute atomic E-state index is 12.8. The van der Waals surface area contributed by atoms with Gasteiger partial charge in [-0.1, -0.05) is 29.0 Å². The molecule has 39 heavy (non-hydrogen) atoms. The van der Waals surface area contributed by atoms with Crippen LogP contribution >= 0.6 is 22.9 Å². The molecule has 3 aromatic rings. The van der Waals surface area contributed by atoms with Crippen molar-refractivity contribution in [3.8, 4) is 16.7 Å². The number of nitrogens with one attached hydrogen (secondary N) is 2. The van der Waals surface area contributed by atoms with Crippen molar-refractivity contribution < 1.29 is 14.3 Å². The van der Waals surface area contributed by atoms with E-state index in [2.05, 4.69) is 25.5 Å². The Morgan fingerprint density at radius 2 is 2.08 bits per heavy atom. The number of carbonyl (C=O) groups excluding carboxylic acids is 1. The van der Waals surface area contributed by atoms with Crippen molar-refractivity contribution in [2.24, 2.45) is 5.92 Å². The molecule has 1 atom stereocenters. The van der Waals surface area contributed by atoms with Gasteiger partial charge in [-0.2, -0.15) is 0 Å². The van der Waals surface area contributed by atoms with Gasteiger partial charge in [-0.25, -0.2) is 9.97 Å². The SMILES string of the molecule is C[C@@H](/C=C/c1cnc(Oc2ccc(OCC3CC3)cc2Cl)s1)NC(=O)c1ccnc(NCCN2CCCC2)c1. The van der Waals surface area contributed by atoms with E-state index in [4.69, 9.17) is 21.1 Å². The van der Waals surface area contributed by atoms with E-state index in [1.807, 2.05) is 25.1 Å². The van der Waals surface area contributed by atoms with Crippen LogP contribution in [0.25, 0.3) is 6.08 Å². The van der Waals surface area contributed by atoms with Crippen molar-refractivity contribution in [1.29, 1.82) is 0 Å². The van der Waals surface area contributed by atoms with E-state index in [0.29, 0.717) is 33.3 Å². The second kappa shape index (κ2) is 13.3. The molecule has 1 saturated heterocycles. The lowest BCUT2D eigenvalue weighted by atomic mass is 10.2. The predicted octanol–water partition coefficient (Wildman–Crippen LogP) is 6.11. The molecule has 2 fully saturated rings. The first-order valence-corrected chi connectivity index (χ1v) is 14.7. The molecule has 2 aliphatic rings. The third-order valence-electron chi connectivity index (χ3n) is 6.65. The zero-order valence-corrected chi connectivity index (χ0v) is 23.6. The molecular formula is C29H34ClN5O3S. The Bertz CT molecular complexity index is 1290. The molecule has 8 nitrogen and oxygen atoms in total. The summed E-state index contributed by atoms with van der Waals surface area (Å²) >= 11 is 7.78. The lowest BCUT2D eigenvalue weighted by Gasteiger charge is -2.15. The van der Waals surface area contributed by atoms with E-state index in [1.165, 1.54) is 37.0 Å². The topological polar surface area (TPSA) is 88.6 Å². The third-order valence-corrected chi connectivity index (χ3v) is 7.78. The average Bonchev–Trinajstić information content (AvgIpc) is 3.41. The van der Waals surface area contributed by atoms with Gasteiger partial charge in [0.2, 0.25) is 0 Å². The lowest BCUT2D eigenvalue weighted by Crippen LogP contribution is -2.31. The molecule has 5 rings (SSSR count). The number of hydrogen-bond acceptors (Lipinski definition) is 8. The molecule has 0 unspecified atom stereocenters. The highest BCUT2D eigenvalue weighted by Gasteiger charge is 2.22. The number of likely N-dealkylation sites (tertiary alicyclic amines) is 1. The summed E-state index contributed by atoms with van der Waals surface area (Å²) in [7, 11) is 0. The molecule has 0 bridgehead atoms. The quantitative estimate of drug-likeness (QED) is 0.257. The summed E-state index contributed by atoms with van der Waals surface area (Å²) in [5.74, 6) is 2.52. The molecule has 2 aromatic heterocycles. The number of hydrogen-bond donors (Lipinski definition) is 2. The van der Waals surface area contributed by atoms with Gasteiger partial charge in [0, 0.05) is 43.2 Å². The molecule has 0 spiro atoms. The zero-order chi connectivity index (χ0) is 27.0. The number of carbonyl (C=O) groups is 1. The van der Waals surface area contributed by atoms with Gasteiger partial charge in [0.25, 0.3) is 11.1 Å². The van der Waals surface area contributed by atoms with Crippen molar-refractivity contribution in [1.82, 2.24) is 20.2 Å². The smallest absolute Gasteiger partial charge is 0.279 e. The molecule has 3 heterocycles. The molecule has 0 radical (unpaired) electrons. The number of nitrogens with zero attached hydrogens (tertiary/aromatic N) is 3. The molecule has 206 valence electrons. The van der Waals surface area contributed by atoms with Gasteiger partial charge in [0.05, 0.1) is 16.5 Å². The number of benzene rings is 1. The maximum Gasteiger partial charge on any atom is 0.279 e. The van der Waals surface area contributed by atoms with Crippen LogP contribution in [-0.2, 0) is 0 Å². The van der Waals surface area contributed by atoms with E-state index >= 15 is 0 Å². The highest BCUT2D eigenvalue weighted by atomic mass is 35.5. The van der Waals surface area contributed by atoms with Crippen LogP contribution in [0.5, 0.6) is 16.7 Å². The van der Waals surface area contributed by atoms with Crippen molar-refractivity contribution in [2.45, 2.75) is 38.6 Å². The first-order chi connectivity index (χ1) is 19.0. The lowest BCUT2D eigenvalue weighted by molar-refractivity contribution is 0.0947. The number of pyridine rings is 1. The summed E-state index contributed by atoms with van der Waals surface area (Å²) in [6, 6.07) is 8.77. The Labute approximate surface area is 238 Å². The van der Waals surface area contributed by atoms with Crippen LogP contribution in [0.2, 0.25) is 5.02 Å². The molecule has 1 saturated carbocycles. The average molecular weight is 568 g/mol. The first-order valence-electron chi connectivity index (χ1n) is 13.5. The maximum atomic E-state index is 12.8. The van der Waals surface area contributed by atoms with E-state index in [0.717, 1.165) is 43.4 Å². The number of aromatic nitrogens is 2. The summed E-state index contributed by atoms with van der Waals surface area (Å²) in [4.78, 5) is 24.8. The number of halogens is 1. The number of rotatable bonds is 13. The van der Waals surface area contributed by atoms with Crippen molar-refractivity contribution in [3.63, 3.8) is 0 Å². The second-order valence-corrected chi connectivity index (χ2v) is 11.4. The van der Waals surface area contributed by atoms with Crippen LogP contribution in [-0.4, -0.2) is 59.6 Å². The Kier molecular flexibility index (Phi) is 9.34. The van der Waals surface area contributed by atoms with Gasteiger partial charge < -0.3 is 25.0 Å². The Hall–Kier alpha value is -3.14. The summed E-state index contributed by atoms with van der Waals surface area (Å²) < 4.78 is 11.7. The zero-order valence-electron chi connectivity index (χ0n) is 22.1. The van der Waals surface area contributed by atoms with Gasteiger partial charge in [-0.15, -0.1) is 0 Å². The van der Waals surface area contributed by atoms with Crippen LogP contribution < -0.4 is 20.1 Å².